The maximum Gasteiger partial charge on any atom is -0.00204 e. The first-order chi connectivity index (χ1) is 20.3. The predicted molar refractivity (Wildman–Crippen MR) is 190 cm³/mol. The molecule has 41 heavy (non-hydrogen) atoms. The van der Waals surface area contributed by atoms with Crippen molar-refractivity contribution >= 4 is 0 Å². The summed E-state index contributed by atoms with van der Waals surface area (Å²) in [6, 6.07) is 0. The van der Waals surface area contributed by atoms with E-state index in [-0.39, 0.29) is 0 Å². The van der Waals surface area contributed by atoms with Crippen molar-refractivity contribution < 1.29 is 0 Å². The standard InChI is InChI=1S/C40H83N/c1-5-9-13-17-21-23-27-31-35-39(33-29-25-19-15-11-7-3)37-41-38-40(34-30-26-20-16-12-8-4)36-32-28-24-22-18-14-10-6-2/h39-41H,5-38H2,1-4H3. The summed E-state index contributed by atoms with van der Waals surface area (Å²) in [5.41, 5.74) is 0. The van der Waals surface area contributed by atoms with E-state index in [0.29, 0.717) is 0 Å². The zero-order chi connectivity index (χ0) is 29.9. The summed E-state index contributed by atoms with van der Waals surface area (Å²) < 4.78 is 0. The molecule has 0 saturated carbocycles. The van der Waals surface area contributed by atoms with Gasteiger partial charge in [0.1, 0.15) is 0 Å². The molecule has 0 aliphatic carbocycles. The van der Waals surface area contributed by atoms with Crippen LogP contribution in [-0.4, -0.2) is 13.1 Å². The number of unbranched alkanes of at least 4 members (excludes halogenated alkanes) is 24. The summed E-state index contributed by atoms with van der Waals surface area (Å²) in [5.74, 6) is 1.83. The largest absolute Gasteiger partial charge is 0.316 e. The molecule has 0 rings (SSSR count). The SMILES string of the molecule is CCCCCCCCCCC(CCCCCCCC)CNCC(CCCCCCCC)CCCCCCCCCC. The van der Waals surface area contributed by atoms with Gasteiger partial charge in [-0.3, -0.25) is 0 Å². The summed E-state index contributed by atoms with van der Waals surface area (Å²) in [6.07, 6.45) is 46.4. The first-order valence-electron chi connectivity index (χ1n) is 20.0. The van der Waals surface area contributed by atoms with Crippen LogP contribution in [0.2, 0.25) is 0 Å². The molecule has 0 spiro atoms. The minimum atomic E-state index is 0.916. The fraction of sp³-hybridized carbons (Fsp3) is 1.00. The van der Waals surface area contributed by atoms with Crippen molar-refractivity contribution in [2.45, 2.75) is 233 Å². The molecule has 1 N–H and O–H groups in total. The van der Waals surface area contributed by atoms with Crippen LogP contribution in [0.5, 0.6) is 0 Å². The van der Waals surface area contributed by atoms with E-state index in [9.17, 15) is 0 Å². The molecule has 0 aromatic heterocycles. The van der Waals surface area contributed by atoms with Crippen LogP contribution in [0.4, 0.5) is 0 Å². The van der Waals surface area contributed by atoms with Crippen LogP contribution in [0.25, 0.3) is 0 Å². The molecule has 0 heterocycles. The van der Waals surface area contributed by atoms with Crippen LogP contribution in [-0.2, 0) is 0 Å². The highest BCUT2D eigenvalue weighted by molar-refractivity contribution is 4.69. The van der Waals surface area contributed by atoms with E-state index in [4.69, 9.17) is 0 Å². The molecular formula is C40H83N. The average molecular weight is 578 g/mol. The van der Waals surface area contributed by atoms with Crippen molar-refractivity contribution in [1.82, 2.24) is 5.32 Å². The molecule has 0 bridgehead atoms. The molecule has 1 nitrogen and oxygen atoms in total. The second-order valence-corrected chi connectivity index (χ2v) is 14.0. The van der Waals surface area contributed by atoms with E-state index in [1.165, 1.54) is 219 Å². The Morgan fingerprint density at radius 1 is 0.268 bits per heavy atom. The minimum absolute atomic E-state index is 0.916. The number of rotatable bonds is 36. The maximum absolute atomic E-state index is 4.06. The Labute approximate surface area is 263 Å². The van der Waals surface area contributed by atoms with Gasteiger partial charge in [0.05, 0.1) is 0 Å². The molecule has 0 aromatic rings. The second-order valence-electron chi connectivity index (χ2n) is 14.0. The molecule has 2 atom stereocenters. The van der Waals surface area contributed by atoms with Crippen LogP contribution in [0.15, 0.2) is 0 Å². The number of hydrogen-bond acceptors (Lipinski definition) is 1. The van der Waals surface area contributed by atoms with Crippen molar-refractivity contribution in [2.24, 2.45) is 11.8 Å². The third-order valence-corrected chi connectivity index (χ3v) is 9.73. The van der Waals surface area contributed by atoms with E-state index >= 15 is 0 Å². The van der Waals surface area contributed by atoms with E-state index in [2.05, 4.69) is 33.0 Å². The average Bonchev–Trinajstić information content (AvgIpc) is 2.98. The van der Waals surface area contributed by atoms with Gasteiger partial charge in [0, 0.05) is 0 Å². The van der Waals surface area contributed by atoms with Crippen LogP contribution < -0.4 is 5.32 Å². The lowest BCUT2D eigenvalue weighted by molar-refractivity contribution is 0.341. The van der Waals surface area contributed by atoms with Gasteiger partial charge in [-0.05, 0) is 50.6 Å². The quantitative estimate of drug-likeness (QED) is 0.0730. The Balaban J connectivity index is 4.47. The zero-order valence-electron chi connectivity index (χ0n) is 29.7. The molecule has 2 unspecified atom stereocenters. The Hall–Kier alpha value is -0.0400. The molecule has 0 fully saturated rings. The van der Waals surface area contributed by atoms with Crippen LogP contribution in [0.1, 0.15) is 233 Å². The monoisotopic (exact) mass is 578 g/mol. The van der Waals surface area contributed by atoms with E-state index in [1.54, 1.807) is 0 Å². The minimum Gasteiger partial charge on any atom is -0.316 e. The van der Waals surface area contributed by atoms with Crippen molar-refractivity contribution in [2.75, 3.05) is 13.1 Å². The highest BCUT2D eigenvalue weighted by Crippen LogP contribution is 2.22. The van der Waals surface area contributed by atoms with Crippen molar-refractivity contribution in [1.29, 1.82) is 0 Å². The van der Waals surface area contributed by atoms with Gasteiger partial charge in [0.15, 0.2) is 0 Å². The smallest absolute Gasteiger partial charge is 0.00204 e. The van der Waals surface area contributed by atoms with Crippen LogP contribution in [0.3, 0.4) is 0 Å². The highest BCUT2D eigenvalue weighted by atomic mass is 14.9. The highest BCUT2D eigenvalue weighted by Gasteiger charge is 2.12. The normalized spacial score (nSPS) is 13.2. The third-order valence-electron chi connectivity index (χ3n) is 9.73. The van der Waals surface area contributed by atoms with E-state index in [1.807, 2.05) is 0 Å². The lowest BCUT2D eigenvalue weighted by Gasteiger charge is -2.22. The van der Waals surface area contributed by atoms with Gasteiger partial charge in [-0.15, -0.1) is 0 Å². The van der Waals surface area contributed by atoms with Crippen LogP contribution >= 0.6 is 0 Å². The first kappa shape index (κ1) is 41.0. The Kier molecular flexibility index (Phi) is 36.1. The van der Waals surface area contributed by atoms with Gasteiger partial charge in [-0.2, -0.15) is 0 Å². The van der Waals surface area contributed by atoms with Gasteiger partial charge >= 0.3 is 0 Å². The van der Waals surface area contributed by atoms with Gasteiger partial charge < -0.3 is 5.32 Å². The molecule has 0 radical (unpaired) electrons. The summed E-state index contributed by atoms with van der Waals surface area (Å²) in [7, 11) is 0. The van der Waals surface area contributed by atoms with Crippen molar-refractivity contribution in [3.63, 3.8) is 0 Å². The van der Waals surface area contributed by atoms with Crippen molar-refractivity contribution in [3.05, 3.63) is 0 Å². The Morgan fingerprint density at radius 3 is 0.683 bits per heavy atom. The molecule has 0 saturated heterocycles. The summed E-state index contributed by atoms with van der Waals surface area (Å²) in [4.78, 5) is 0. The van der Waals surface area contributed by atoms with E-state index in [0.717, 1.165) is 11.8 Å². The molecule has 0 amide bonds. The molecule has 248 valence electrons. The topological polar surface area (TPSA) is 12.0 Å². The molecule has 1 heteroatoms. The van der Waals surface area contributed by atoms with Crippen LogP contribution in [0, 0.1) is 11.8 Å². The lowest BCUT2D eigenvalue weighted by atomic mass is 9.92. The molecule has 0 aliphatic heterocycles. The Morgan fingerprint density at radius 2 is 0.463 bits per heavy atom. The zero-order valence-corrected chi connectivity index (χ0v) is 29.7. The summed E-state index contributed by atoms with van der Waals surface area (Å²) in [5, 5.41) is 4.06. The maximum atomic E-state index is 4.06. The second kappa shape index (κ2) is 36.2. The van der Waals surface area contributed by atoms with Crippen molar-refractivity contribution in [3.8, 4) is 0 Å². The fourth-order valence-corrected chi connectivity index (χ4v) is 6.75. The Bertz CT molecular complexity index is 406. The summed E-state index contributed by atoms with van der Waals surface area (Å²) in [6.45, 7) is 11.9. The fourth-order valence-electron chi connectivity index (χ4n) is 6.75. The summed E-state index contributed by atoms with van der Waals surface area (Å²) >= 11 is 0. The molecular weight excluding hydrogens is 494 g/mol. The van der Waals surface area contributed by atoms with E-state index < -0.39 is 0 Å². The predicted octanol–water partition coefficient (Wildman–Crippen LogP) is 14.4. The number of nitrogens with one attached hydrogen (secondary N) is 1. The molecule has 0 aliphatic rings. The van der Waals surface area contributed by atoms with Gasteiger partial charge in [0.25, 0.3) is 0 Å². The van der Waals surface area contributed by atoms with Gasteiger partial charge in [-0.25, -0.2) is 0 Å². The number of hydrogen-bond donors (Lipinski definition) is 1. The third kappa shape index (κ3) is 32.7. The van der Waals surface area contributed by atoms with Gasteiger partial charge in [0.2, 0.25) is 0 Å². The van der Waals surface area contributed by atoms with Gasteiger partial charge in [-0.1, -0.05) is 207 Å². The first-order valence-corrected chi connectivity index (χ1v) is 20.0. The molecule has 0 aromatic carbocycles. The lowest BCUT2D eigenvalue weighted by Crippen LogP contribution is -2.28.